The topological polar surface area (TPSA) is 77.4 Å². The van der Waals surface area contributed by atoms with Gasteiger partial charge in [0.25, 0.3) is 10.0 Å². The maximum atomic E-state index is 12.5. The van der Waals surface area contributed by atoms with Crippen LogP contribution in [0.2, 0.25) is 0 Å². The maximum absolute atomic E-state index is 12.5. The quantitative estimate of drug-likeness (QED) is 0.876. The average Bonchev–Trinajstić information content (AvgIpc) is 2.75. The van der Waals surface area contributed by atoms with Gasteiger partial charge in [0.05, 0.1) is 7.11 Å². The number of anilines is 1. The van der Waals surface area contributed by atoms with Crippen LogP contribution in [0.25, 0.3) is 0 Å². The van der Waals surface area contributed by atoms with Gasteiger partial charge in [-0.25, -0.2) is 13.2 Å². The fourth-order valence-corrected chi connectivity index (χ4v) is 3.50. The Balaban J connectivity index is 2.44. The molecule has 2 rings (SSSR count). The summed E-state index contributed by atoms with van der Waals surface area (Å²) in [6.07, 6.45) is 0. The van der Waals surface area contributed by atoms with E-state index in [4.69, 9.17) is 0 Å². The molecule has 22 heavy (non-hydrogen) atoms. The number of hydrogen-bond acceptors (Lipinski definition) is 4. The Bertz CT molecular complexity index is 822. The molecule has 0 aliphatic carbocycles. The van der Waals surface area contributed by atoms with E-state index in [2.05, 4.69) is 9.46 Å². The summed E-state index contributed by atoms with van der Waals surface area (Å²) in [5.74, 6) is -0.581. The molecule has 6 nitrogen and oxygen atoms in total. The first-order chi connectivity index (χ1) is 10.3. The van der Waals surface area contributed by atoms with Gasteiger partial charge in [-0.3, -0.25) is 4.72 Å². The highest BCUT2D eigenvalue weighted by atomic mass is 32.2. The van der Waals surface area contributed by atoms with Gasteiger partial charge in [0.1, 0.15) is 10.6 Å². The molecular weight excluding hydrogens is 304 g/mol. The molecule has 0 spiro atoms. The minimum atomic E-state index is -3.78. The van der Waals surface area contributed by atoms with E-state index in [9.17, 15) is 13.2 Å². The summed E-state index contributed by atoms with van der Waals surface area (Å²) in [6, 6.07) is 8.37. The Hall–Kier alpha value is -2.28. The molecule has 0 amide bonds. The molecule has 0 saturated carbocycles. The van der Waals surface area contributed by atoms with Crippen molar-refractivity contribution in [3.05, 3.63) is 47.3 Å². The number of aryl methyl sites for hydroxylation is 1. The van der Waals surface area contributed by atoms with Crippen molar-refractivity contribution in [2.75, 3.05) is 11.8 Å². The van der Waals surface area contributed by atoms with Crippen molar-refractivity contribution in [2.45, 2.75) is 18.7 Å². The Morgan fingerprint density at radius 1 is 1.23 bits per heavy atom. The van der Waals surface area contributed by atoms with Crippen LogP contribution in [0.15, 0.2) is 35.2 Å². The van der Waals surface area contributed by atoms with E-state index in [1.807, 2.05) is 13.0 Å². The van der Waals surface area contributed by atoms with Gasteiger partial charge >= 0.3 is 5.97 Å². The van der Waals surface area contributed by atoms with Crippen LogP contribution in [0.1, 0.15) is 21.7 Å². The van der Waals surface area contributed by atoms with Crippen LogP contribution in [0.4, 0.5) is 5.69 Å². The van der Waals surface area contributed by atoms with E-state index in [0.29, 0.717) is 11.4 Å². The summed E-state index contributed by atoms with van der Waals surface area (Å²) >= 11 is 0. The van der Waals surface area contributed by atoms with Crippen molar-refractivity contribution in [1.29, 1.82) is 0 Å². The van der Waals surface area contributed by atoms with Gasteiger partial charge in [0.2, 0.25) is 0 Å². The lowest BCUT2D eigenvalue weighted by Gasteiger charge is -2.08. The molecule has 0 fully saturated rings. The fourth-order valence-electron chi connectivity index (χ4n) is 2.16. The first-order valence-electron chi connectivity index (χ1n) is 6.60. The van der Waals surface area contributed by atoms with Gasteiger partial charge in [0.15, 0.2) is 0 Å². The predicted molar refractivity (Wildman–Crippen MR) is 83.5 cm³/mol. The molecule has 0 aliphatic rings. The molecule has 0 saturated heterocycles. The number of rotatable bonds is 4. The van der Waals surface area contributed by atoms with Crippen LogP contribution in [0.3, 0.4) is 0 Å². The van der Waals surface area contributed by atoms with Gasteiger partial charge < -0.3 is 9.30 Å². The summed E-state index contributed by atoms with van der Waals surface area (Å²) in [4.78, 5) is 11.7. The minimum absolute atomic E-state index is 0.0527. The van der Waals surface area contributed by atoms with Crippen molar-refractivity contribution in [1.82, 2.24) is 4.57 Å². The zero-order valence-corrected chi connectivity index (χ0v) is 13.7. The van der Waals surface area contributed by atoms with E-state index in [0.717, 1.165) is 5.56 Å². The van der Waals surface area contributed by atoms with Crippen molar-refractivity contribution >= 4 is 21.7 Å². The molecule has 2 aromatic rings. The van der Waals surface area contributed by atoms with Crippen LogP contribution >= 0.6 is 0 Å². The van der Waals surface area contributed by atoms with E-state index < -0.39 is 16.0 Å². The van der Waals surface area contributed by atoms with Crippen molar-refractivity contribution in [3.8, 4) is 0 Å². The van der Waals surface area contributed by atoms with Crippen LogP contribution in [0.5, 0.6) is 0 Å². The summed E-state index contributed by atoms with van der Waals surface area (Å²) in [5, 5.41) is 0. The van der Waals surface area contributed by atoms with E-state index in [1.165, 1.54) is 17.7 Å². The maximum Gasteiger partial charge on any atom is 0.354 e. The van der Waals surface area contributed by atoms with Gasteiger partial charge in [-0.1, -0.05) is 12.1 Å². The Morgan fingerprint density at radius 3 is 2.50 bits per heavy atom. The Labute approximate surface area is 129 Å². The molecule has 0 atom stereocenters. The van der Waals surface area contributed by atoms with Crippen LogP contribution in [-0.4, -0.2) is 26.1 Å². The highest BCUT2D eigenvalue weighted by Crippen LogP contribution is 2.23. The van der Waals surface area contributed by atoms with E-state index in [-0.39, 0.29) is 10.6 Å². The minimum Gasteiger partial charge on any atom is -0.464 e. The van der Waals surface area contributed by atoms with Gasteiger partial charge in [-0.15, -0.1) is 0 Å². The van der Waals surface area contributed by atoms with Crippen molar-refractivity contribution < 1.29 is 17.9 Å². The first-order valence-corrected chi connectivity index (χ1v) is 8.08. The van der Waals surface area contributed by atoms with Crippen LogP contribution in [-0.2, 0) is 21.8 Å². The third kappa shape index (κ3) is 2.99. The summed E-state index contributed by atoms with van der Waals surface area (Å²) < 4.78 is 33.7. The SMILES string of the molecule is COC(=O)c1cc(S(=O)(=O)Nc2cccc(C)c2)c(C)n1C. The number of carbonyl (C=O) groups excluding carboxylic acids is 1. The molecule has 1 aromatic heterocycles. The van der Waals surface area contributed by atoms with Gasteiger partial charge in [0, 0.05) is 18.4 Å². The second kappa shape index (κ2) is 5.84. The Morgan fingerprint density at radius 2 is 1.91 bits per heavy atom. The average molecular weight is 322 g/mol. The number of nitrogens with one attached hydrogen (secondary N) is 1. The molecule has 1 N–H and O–H groups in total. The smallest absolute Gasteiger partial charge is 0.354 e. The molecule has 7 heteroatoms. The summed E-state index contributed by atoms with van der Waals surface area (Å²) in [6.45, 7) is 3.51. The monoisotopic (exact) mass is 322 g/mol. The fraction of sp³-hybridized carbons (Fsp3) is 0.267. The summed E-state index contributed by atoms with van der Waals surface area (Å²) in [7, 11) is -0.911. The second-order valence-electron chi connectivity index (χ2n) is 5.00. The third-order valence-corrected chi connectivity index (χ3v) is 4.94. The number of carbonyl (C=O) groups is 1. The largest absolute Gasteiger partial charge is 0.464 e. The highest BCUT2D eigenvalue weighted by Gasteiger charge is 2.24. The first kappa shape index (κ1) is 16.1. The molecule has 0 unspecified atom stereocenters. The number of methoxy groups -OCH3 is 1. The third-order valence-electron chi connectivity index (χ3n) is 3.44. The normalized spacial score (nSPS) is 11.3. The van der Waals surface area contributed by atoms with Crippen LogP contribution in [0, 0.1) is 13.8 Å². The molecule has 0 aliphatic heterocycles. The Kier molecular flexibility index (Phi) is 4.27. The molecule has 118 valence electrons. The van der Waals surface area contributed by atoms with Crippen molar-refractivity contribution in [3.63, 3.8) is 0 Å². The zero-order chi connectivity index (χ0) is 16.5. The van der Waals surface area contributed by atoms with Gasteiger partial charge in [-0.05, 0) is 37.6 Å². The predicted octanol–water partition coefficient (Wildman–Crippen LogP) is 2.23. The van der Waals surface area contributed by atoms with E-state index >= 15 is 0 Å². The standard InChI is InChI=1S/C15H18N2O4S/c1-10-6-5-7-12(8-10)16-22(19,20)14-9-13(15(18)21-4)17(3)11(14)2/h5-9,16H,1-4H3. The number of nitrogens with zero attached hydrogens (tertiary/aromatic N) is 1. The van der Waals surface area contributed by atoms with Gasteiger partial charge in [-0.2, -0.15) is 0 Å². The molecular formula is C15H18N2O4S. The molecule has 1 aromatic carbocycles. The molecule has 1 heterocycles. The van der Waals surface area contributed by atoms with Crippen LogP contribution < -0.4 is 4.72 Å². The van der Waals surface area contributed by atoms with E-state index in [1.54, 1.807) is 32.2 Å². The number of benzene rings is 1. The molecule has 0 radical (unpaired) electrons. The zero-order valence-electron chi connectivity index (χ0n) is 12.9. The second-order valence-corrected chi connectivity index (χ2v) is 6.66. The number of hydrogen-bond donors (Lipinski definition) is 1. The number of esters is 1. The number of ether oxygens (including phenoxy) is 1. The lowest BCUT2D eigenvalue weighted by atomic mass is 10.2. The van der Waals surface area contributed by atoms with Crippen molar-refractivity contribution in [2.24, 2.45) is 7.05 Å². The number of sulfonamides is 1. The lowest BCUT2D eigenvalue weighted by molar-refractivity contribution is 0.0589. The lowest BCUT2D eigenvalue weighted by Crippen LogP contribution is -2.13. The highest BCUT2D eigenvalue weighted by molar-refractivity contribution is 7.92. The molecule has 0 bridgehead atoms. The number of aromatic nitrogens is 1. The summed E-state index contributed by atoms with van der Waals surface area (Å²) in [5.41, 5.74) is 2.06.